The Hall–Kier alpha value is -0.570. The molecule has 4 heteroatoms. The Bertz CT molecular complexity index is 489. The van der Waals surface area contributed by atoms with Gasteiger partial charge in [0.05, 0.1) is 16.1 Å². The second-order valence-electron chi connectivity index (χ2n) is 5.57. The summed E-state index contributed by atoms with van der Waals surface area (Å²) in [7, 11) is 0. The molecule has 3 atom stereocenters. The summed E-state index contributed by atoms with van der Waals surface area (Å²) < 4.78 is 0. The van der Waals surface area contributed by atoms with Crippen LogP contribution in [0.4, 0.5) is 0 Å². The van der Waals surface area contributed by atoms with Gasteiger partial charge in [-0.15, -0.1) is 0 Å². The van der Waals surface area contributed by atoms with Crippen LogP contribution in [-0.4, -0.2) is 17.9 Å². The van der Waals surface area contributed by atoms with E-state index in [1.807, 2.05) is 0 Å². The average molecular weight is 298 g/mol. The van der Waals surface area contributed by atoms with Crippen LogP contribution in [0.5, 0.6) is 0 Å². The summed E-state index contributed by atoms with van der Waals surface area (Å²) >= 11 is 12.1. The molecular weight excluding hydrogens is 281 g/mol. The lowest BCUT2D eigenvalue weighted by Gasteiger charge is -2.24. The first kappa shape index (κ1) is 13.4. The molecule has 0 aromatic heterocycles. The maximum atomic E-state index is 12.6. The van der Waals surface area contributed by atoms with Gasteiger partial charge in [0.1, 0.15) is 0 Å². The van der Waals surface area contributed by atoms with E-state index in [2.05, 4.69) is 5.32 Å². The van der Waals surface area contributed by atoms with Crippen LogP contribution in [0.3, 0.4) is 0 Å². The fraction of sp³-hybridized carbons (Fsp3) is 0.533. The normalized spacial score (nSPS) is 30.1. The van der Waals surface area contributed by atoms with Crippen molar-refractivity contribution in [3.63, 3.8) is 0 Å². The van der Waals surface area contributed by atoms with Crippen LogP contribution in [0.2, 0.25) is 10.0 Å². The molecule has 1 saturated carbocycles. The molecule has 1 N–H and O–H groups in total. The first-order chi connectivity index (χ1) is 9.16. The molecule has 0 spiro atoms. The van der Waals surface area contributed by atoms with Crippen molar-refractivity contribution in [2.45, 2.75) is 44.2 Å². The molecule has 19 heavy (non-hydrogen) atoms. The summed E-state index contributed by atoms with van der Waals surface area (Å²) in [4.78, 5) is 12.6. The third-order valence-electron chi connectivity index (χ3n) is 4.40. The number of carbonyl (C=O) groups is 1. The van der Waals surface area contributed by atoms with Crippen LogP contribution in [0.1, 0.15) is 42.5 Å². The second-order valence-corrected chi connectivity index (χ2v) is 6.36. The van der Waals surface area contributed by atoms with Crippen LogP contribution in [0.15, 0.2) is 18.2 Å². The number of carbonyl (C=O) groups excluding carboxylic acids is 1. The molecular formula is C15H17Cl2NO. The van der Waals surface area contributed by atoms with Crippen molar-refractivity contribution in [1.29, 1.82) is 0 Å². The Balaban J connectivity index is 1.79. The largest absolute Gasteiger partial charge is 0.304 e. The first-order valence-corrected chi connectivity index (χ1v) is 7.66. The van der Waals surface area contributed by atoms with E-state index in [4.69, 9.17) is 23.2 Å². The SMILES string of the molecule is O=C(c1cccc(Cl)c1Cl)C1CC2CCCCC2N1. The van der Waals surface area contributed by atoms with Gasteiger partial charge in [-0.05, 0) is 37.3 Å². The fourth-order valence-electron chi connectivity index (χ4n) is 3.40. The number of halogens is 2. The number of hydrogen-bond acceptors (Lipinski definition) is 2. The Morgan fingerprint density at radius 1 is 1.21 bits per heavy atom. The van der Waals surface area contributed by atoms with Gasteiger partial charge in [0.2, 0.25) is 0 Å². The third kappa shape index (κ3) is 2.54. The molecule has 2 aliphatic rings. The quantitative estimate of drug-likeness (QED) is 0.833. The molecule has 1 heterocycles. The zero-order valence-corrected chi connectivity index (χ0v) is 12.2. The Morgan fingerprint density at radius 2 is 2.00 bits per heavy atom. The molecule has 0 bridgehead atoms. The van der Waals surface area contributed by atoms with Gasteiger partial charge < -0.3 is 5.32 Å². The molecule has 0 radical (unpaired) electrons. The highest BCUT2D eigenvalue weighted by Crippen LogP contribution is 2.35. The zero-order valence-electron chi connectivity index (χ0n) is 10.7. The van der Waals surface area contributed by atoms with Crippen molar-refractivity contribution in [2.75, 3.05) is 0 Å². The van der Waals surface area contributed by atoms with E-state index in [1.165, 1.54) is 25.7 Å². The molecule has 1 saturated heterocycles. The molecule has 1 aromatic carbocycles. The number of fused-ring (bicyclic) bond motifs is 1. The van der Waals surface area contributed by atoms with E-state index in [9.17, 15) is 4.79 Å². The van der Waals surface area contributed by atoms with E-state index in [1.54, 1.807) is 18.2 Å². The molecule has 1 aromatic rings. The number of hydrogen-bond donors (Lipinski definition) is 1. The van der Waals surface area contributed by atoms with Gasteiger partial charge in [0, 0.05) is 11.6 Å². The lowest BCUT2D eigenvalue weighted by molar-refractivity contribution is 0.0949. The molecule has 1 aliphatic carbocycles. The molecule has 0 amide bonds. The molecule has 3 rings (SSSR count). The minimum Gasteiger partial charge on any atom is -0.304 e. The first-order valence-electron chi connectivity index (χ1n) is 6.91. The average Bonchev–Trinajstić information content (AvgIpc) is 2.85. The van der Waals surface area contributed by atoms with Gasteiger partial charge in [-0.1, -0.05) is 42.1 Å². The number of ketones is 1. The zero-order chi connectivity index (χ0) is 13.4. The number of Topliss-reactive ketones (excluding diaryl/α,β-unsaturated/α-hetero) is 1. The van der Waals surface area contributed by atoms with E-state index < -0.39 is 0 Å². The van der Waals surface area contributed by atoms with Crippen LogP contribution in [-0.2, 0) is 0 Å². The maximum absolute atomic E-state index is 12.6. The van der Waals surface area contributed by atoms with Crippen molar-refractivity contribution in [2.24, 2.45) is 5.92 Å². The number of nitrogens with one attached hydrogen (secondary N) is 1. The molecule has 2 nitrogen and oxygen atoms in total. The predicted molar refractivity (Wildman–Crippen MR) is 78.1 cm³/mol. The Labute approximate surface area is 123 Å². The minimum atomic E-state index is -0.0935. The van der Waals surface area contributed by atoms with Crippen LogP contribution in [0.25, 0.3) is 0 Å². The highest BCUT2D eigenvalue weighted by atomic mass is 35.5. The van der Waals surface area contributed by atoms with E-state index in [0.29, 0.717) is 27.6 Å². The maximum Gasteiger partial charge on any atom is 0.181 e. The van der Waals surface area contributed by atoms with Crippen LogP contribution < -0.4 is 5.32 Å². The standard InChI is InChI=1S/C15H17Cl2NO/c16-11-6-3-5-10(14(11)17)15(19)13-8-9-4-1-2-7-12(9)18-13/h3,5-6,9,12-13,18H,1-2,4,7-8H2. The van der Waals surface area contributed by atoms with Crippen LogP contribution >= 0.6 is 23.2 Å². The topological polar surface area (TPSA) is 29.1 Å². The fourth-order valence-corrected chi connectivity index (χ4v) is 3.80. The summed E-state index contributed by atoms with van der Waals surface area (Å²) in [5.74, 6) is 0.738. The summed E-state index contributed by atoms with van der Waals surface area (Å²) in [5, 5.41) is 4.31. The lowest BCUT2D eigenvalue weighted by Crippen LogP contribution is -2.37. The van der Waals surface area contributed by atoms with E-state index >= 15 is 0 Å². The minimum absolute atomic E-state index is 0.0851. The predicted octanol–water partition coefficient (Wildman–Crippen LogP) is 4.10. The van der Waals surface area contributed by atoms with Gasteiger partial charge >= 0.3 is 0 Å². The number of benzene rings is 1. The van der Waals surface area contributed by atoms with E-state index in [0.717, 1.165) is 6.42 Å². The molecule has 1 aliphatic heterocycles. The summed E-state index contributed by atoms with van der Waals surface area (Å²) in [5.41, 5.74) is 0.547. The Kier molecular flexibility index (Phi) is 3.84. The summed E-state index contributed by atoms with van der Waals surface area (Å²) in [6.07, 6.45) is 5.93. The summed E-state index contributed by atoms with van der Waals surface area (Å²) in [6.45, 7) is 0. The van der Waals surface area contributed by atoms with Crippen molar-refractivity contribution in [3.05, 3.63) is 33.8 Å². The highest BCUT2D eigenvalue weighted by Gasteiger charge is 2.38. The molecule has 102 valence electrons. The van der Waals surface area contributed by atoms with Gasteiger partial charge in [-0.3, -0.25) is 4.79 Å². The van der Waals surface area contributed by atoms with Crippen molar-refractivity contribution < 1.29 is 4.79 Å². The van der Waals surface area contributed by atoms with Gasteiger partial charge in [-0.2, -0.15) is 0 Å². The number of rotatable bonds is 2. The second kappa shape index (κ2) is 5.43. The van der Waals surface area contributed by atoms with Crippen LogP contribution in [0, 0.1) is 5.92 Å². The van der Waals surface area contributed by atoms with Crippen molar-refractivity contribution in [3.8, 4) is 0 Å². The molecule has 3 unspecified atom stereocenters. The third-order valence-corrected chi connectivity index (χ3v) is 5.22. The molecule has 2 fully saturated rings. The van der Waals surface area contributed by atoms with Crippen molar-refractivity contribution in [1.82, 2.24) is 5.32 Å². The lowest BCUT2D eigenvalue weighted by atomic mass is 9.84. The Morgan fingerprint density at radius 3 is 2.79 bits per heavy atom. The highest BCUT2D eigenvalue weighted by molar-refractivity contribution is 6.44. The van der Waals surface area contributed by atoms with Gasteiger partial charge in [0.25, 0.3) is 0 Å². The van der Waals surface area contributed by atoms with Gasteiger partial charge in [-0.25, -0.2) is 0 Å². The van der Waals surface area contributed by atoms with Gasteiger partial charge in [0.15, 0.2) is 5.78 Å². The monoisotopic (exact) mass is 297 g/mol. The van der Waals surface area contributed by atoms with Crippen molar-refractivity contribution >= 4 is 29.0 Å². The summed E-state index contributed by atoms with van der Waals surface area (Å²) in [6, 6.07) is 5.68. The van der Waals surface area contributed by atoms with E-state index in [-0.39, 0.29) is 11.8 Å². The smallest absolute Gasteiger partial charge is 0.181 e.